The largest absolute Gasteiger partial charge is 0.461 e. The average Bonchev–Trinajstić information content (AvgIpc) is 2.91. The maximum Gasteiger partial charge on any atom is 0.306 e. The fourth-order valence-electron chi connectivity index (χ4n) is 4.71. The summed E-state index contributed by atoms with van der Waals surface area (Å²) in [6.07, 6.45) is 7.64. The molecule has 2 aromatic rings. The summed E-state index contributed by atoms with van der Waals surface area (Å²) in [5.74, 6) is -0.272. The van der Waals surface area contributed by atoms with E-state index >= 15 is 0 Å². The Bertz CT molecular complexity index is 942. The molecular weight excluding hydrogens is 456 g/mol. The number of aliphatic hydroxyl groups excluding tert-OH is 1. The monoisotopic (exact) mass is 494 g/mol. The SMILES string of the molecule is O=C(CC1CCCCC1=O)OCc1ccccc1.O=C(CC1CCCCC1O)OCc1ccccc1. The van der Waals surface area contributed by atoms with Crippen LogP contribution in [0.2, 0.25) is 0 Å². The van der Waals surface area contributed by atoms with Gasteiger partial charge in [-0.15, -0.1) is 0 Å². The van der Waals surface area contributed by atoms with Gasteiger partial charge in [0, 0.05) is 12.3 Å². The van der Waals surface area contributed by atoms with Gasteiger partial charge in [-0.2, -0.15) is 0 Å². The molecule has 0 heterocycles. The Morgan fingerprint density at radius 3 is 1.81 bits per heavy atom. The van der Waals surface area contributed by atoms with Crippen molar-refractivity contribution in [3.63, 3.8) is 0 Å². The fourth-order valence-corrected chi connectivity index (χ4v) is 4.71. The molecule has 3 unspecified atom stereocenters. The molecule has 3 atom stereocenters. The molecule has 0 amide bonds. The van der Waals surface area contributed by atoms with Gasteiger partial charge in [0.15, 0.2) is 0 Å². The van der Waals surface area contributed by atoms with Gasteiger partial charge < -0.3 is 14.6 Å². The van der Waals surface area contributed by atoms with Crippen LogP contribution in [0, 0.1) is 11.8 Å². The van der Waals surface area contributed by atoms with E-state index in [1.807, 2.05) is 60.7 Å². The second kappa shape index (κ2) is 15.2. The molecule has 6 heteroatoms. The molecule has 2 fully saturated rings. The molecule has 2 aromatic carbocycles. The van der Waals surface area contributed by atoms with Crippen molar-refractivity contribution in [3.05, 3.63) is 71.8 Å². The first-order chi connectivity index (χ1) is 17.5. The van der Waals surface area contributed by atoms with E-state index < -0.39 is 0 Å². The van der Waals surface area contributed by atoms with Gasteiger partial charge >= 0.3 is 11.9 Å². The smallest absolute Gasteiger partial charge is 0.306 e. The van der Waals surface area contributed by atoms with E-state index in [-0.39, 0.29) is 42.1 Å². The predicted molar refractivity (Wildman–Crippen MR) is 137 cm³/mol. The van der Waals surface area contributed by atoms with Crippen LogP contribution in [-0.4, -0.2) is 28.9 Å². The normalized spacial score (nSPS) is 21.6. The third kappa shape index (κ3) is 9.94. The molecule has 1 N–H and O–H groups in total. The van der Waals surface area contributed by atoms with Crippen molar-refractivity contribution < 1.29 is 29.0 Å². The summed E-state index contributed by atoms with van der Waals surface area (Å²) >= 11 is 0. The second-order valence-corrected chi connectivity index (χ2v) is 9.72. The first-order valence-electron chi connectivity index (χ1n) is 13.1. The van der Waals surface area contributed by atoms with Crippen LogP contribution in [-0.2, 0) is 37.1 Å². The zero-order valence-corrected chi connectivity index (χ0v) is 21.0. The third-order valence-electron chi connectivity index (χ3n) is 6.88. The molecule has 0 radical (unpaired) electrons. The number of carbonyl (C=O) groups excluding carboxylic acids is 3. The highest BCUT2D eigenvalue weighted by molar-refractivity contribution is 5.85. The molecule has 2 aliphatic carbocycles. The molecule has 0 saturated heterocycles. The highest BCUT2D eigenvalue weighted by Gasteiger charge is 2.26. The van der Waals surface area contributed by atoms with E-state index in [0.717, 1.165) is 56.1 Å². The summed E-state index contributed by atoms with van der Waals surface area (Å²) in [6, 6.07) is 19.2. The highest BCUT2D eigenvalue weighted by atomic mass is 16.5. The number of aliphatic hydroxyl groups is 1. The molecule has 0 bridgehead atoms. The Hall–Kier alpha value is -2.99. The number of carbonyl (C=O) groups is 3. The quantitative estimate of drug-likeness (QED) is 0.484. The summed E-state index contributed by atoms with van der Waals surface area (Å²) in [6.45, 7) is 0.614. The van der Waals surface area contributed by atoms with Crippen molar-refractivity contribution >= 4 is 17.7 Å². The maximum absolute atomic E-state index is 11.7. The number of ketones is 1. The molecule has 6 nitrogen and oxygen atoms in total. The maximum atomic E-state index is 11.7. The summed E-state index contributed by atoms with van der Waals surface area (Å²) in [7, 11) is 0. The summed E-state index contributed by atoms with van der Waals surface area (Å²) in [4.78, 5) is 34.9. The van der Waals surface area contributed by atoms with Crippen molar-refractivity contribution in [3.8, 4) is 0 Å². The lowest BCUT2D eigenvalue weighted by molar-refractivity contribution is -0.148. The van der Waals surface area contributed by atoms with Crippen molar-refractivity contribution in [2.45, 2.75) is 83.5 Å². The molecule has 36 heavy (non-hydrogen) atoms. The lowest BCUT2D eigenvalue weighted by atomic mass is 9.84. The van der Waals surface area contributed by atoms with Crippen LogP contribution >= 0.6 is 0 Å². The van der Waals surface area contributed by atoms with E-state index in [1.54, 1.807) is 0 Å². The van der Waals surface area contributed by atoms with Crippen LogP contribution < -0.4 is 0 Å². The van der Waals surface area contributed by atoms with Crippen molar-refractivity contribution in [2.75, 3.05) is 0 Å². The van der Waals surface area contributed by atoms with Crippen LogP contribution in [0.15, 0.2) is 60.7 Å². The lowest BCUT2D eigenvalue weighted by Gasteiger charge is -2.26. The van der Waals surface area contributed by atoms with E-state index in [2.05, 4.69) is 0 Å². The van der Waals surface area contributed by atoms with E-state index in [4.69, 9.17) is 9.47 Å². The zero-order chi connectivity index (χ0) is 25.6. The van der Waals surface area contributed by atoms with Crippen molar-refractivity contribution in [1.29, 1.82) is 0 Å². The molecule has 0 aliphatic heterocycles. The van der Waals surface area contributed by atoms with Gasteiger partial charge in [0.25, 0.3) is 0 Å². The topological polar surface area (TPSA) is 89.9 Å². The predicted octanol–water partition coefficient (Wildman–Crippen LogP) is 5.55. The molecule has 0 spiro atoms. The third-order valence-corrected chi connectivity index (χ3v) is 6.88. The standard InChI is InChI=1S/C15H20O3.C15H18O3/c2*16-14-9-5-4-8-13(14)10-15(17)18-11-12-6-2-1-3-7-12/h1-3,6-7,13-14,16H,4-5,8-11H2;1-3,6-7,13H,4-5,8-11H2. The Balaban J connectivity index is 0.000000201. The van der Waals surface area contributed by atoms with Gasteiger partial charge in [-0.05, 0) is 42.7 Å². The number of benzene rings is 2. The Morgan fingerprint density at radius 2 is 1.25 bits per heavy atom. The van der Waals surface area contributed by atoms with Gasteiger partial charge in [0.2, 0.25) is 0 Å². The minimum absolute atomic E-state index is 0.0852. The average molecular weight is 495 g/mol. The Kier molecular flexibility index (Phi) is 11.6. The summed E-state index contributed by atoms with van der Waals surface area (Å²) in [5, 5.41) is 9.80. The number of hydrogen-bond acceptors (Lipinski definition) is 6. The van der Waals surface area contributed by atoms with E-state index in [1.165, 1.54) is 0 Å². The number of rotatable bonds is 8. The van der Waals surface area contributed by atoms with Gasteiger partial charge in [-0.25, -0.2) is 0 Å². The van der Waals surface area contributed by atoms with Crippen LogP contribution in [0.3, 0.4) is 0 Å². The van der Waals surface area contributed by atoms with Gasteiger partial charge in [0.05, 0.1) is 18.9 Å². The lowest BCUT2D eigenvalue weighted by Crippen LogP contribution is -2.27. The fraction of sp³-hybridized carbons (Fsp3) is 0.500. The molecule has 0 aromatic heterocycles. The number of Topliss-reactive ketones (excluding diaryl/α,β-unsaturated/α-hetero) is 1. The molecular formula is C30H38O6. The molecule has 2 saturated carbocycles. The van der Waals surface area contributed by atoms with Gasteiger partial charge in [-0.1, -0.05) is 79.9 Å². The number of hydrogen-bond donors (Lipinski definition) is 1. The van der Waals surface area contributed by atoms with E-state index in [9.17, 15) is 19.5 Å². The molecule has 194 valence electrons. The summed E-state index contributed by atoms with van der Waals surface area (Å²) < 4.78 is 10.4. The number of ether oxygens (including phenoxy) is 2. The van der Waals surface area contributed by atoms with Gasteiger partial charge in [0.1, 0.15) is 19.0 Å². The van der Waals surface area contributed by atoms with Crippen LogP contribution in [0.4, 0.5) is 0 Å². The minimum atomic E-state index is -0.331. The Labute approximate surface area is 214 Å². The first kappa shape index (κ1) is 27.6. The molecule has 4 rings (SSSR count). The van der Waals surface area contributed by atoms with Crippen molar-refractivity contribution in [2.24, 2.45) is 11.8 Å². The highest BCUT2D eigenvalue weighted by Crippen LogP contribution is 2.27. The Morgan fingerprint density at radius 1 is 0.722 bits per heavy atom. The zero-order valence-electron chi connectivity index (χ0n) is 21.0. The van der Waals surface area contributed by atoms with Crippen molar-refractivity contribution in [1.82, 2.24) is 0 Å². The van der Waals surface area contributed by atoms with Gasteiger partial charge in [-0.3, -0.25) is 14.4 Å². The van der Waals surface area contributed by atoms with Crippen LogP contribution in [0.25, 0.3) is 0 Å². The van der Waals surface area contributed by atoms with Crippen LogP contribution in [0.5, 0.6) is 0 Å². The van der Waals surface area contributed by atoms with E-state index in [0.29, 0.717) is 26.1 Å². The van der Waals surface area contributed by atoms with Crippen LogP contribution in [0.1, 0.15) is 75.3 Å². The number of esters is 2. The summed E-state index contributed by atoms with van der Waals surface area (Å²) in [5.41, 5.74) is 1.97. The molecule has 2 aliphatic rings. The second-order valence-electron chi connectivity index (χ2n) is 9.72. The first-order valence-corrected chi connectivity index (χ1v) is 13.1. The minimum Gasteiger partial charge on any atom is -0.461 e.